The Morgan fingerprint density at radius 1 is 1.08 bits per heavy atom. The number of rotatable bonds is 6. The monoisotopic (exact) mass is 543 g/mol. The maximum Gasteiger partial charge on any atom is 0.245 e. The van der Waals surface area contributed by atoms with Crippen LogP contribution in [0.4, 0.5) is 0 Å². The zero-order valence-corrected chi connectivity index (χ0v) is 23.2. The molecule has 38 heavy (non-hydrogen) atoms. The van der Waals surface area contributed by atoms with Crippen molar-refractivity contribution in [2.75, 3.05) is 20.2 Å². The summed E-state index contributed by atoms with van der Waals surface area (Å²) in [5.41, 5.74) is 3.54. The van der Waals surface area contributed by atoms with Crippen molar-refractivity contribution in [1.29, 1.82) is 0 Å². The van der Waals surface area contributed by atoms with E-state index in [4.69, 9.17) is 9.57 Å². The summed E-state index contributed by atoms with van der Waals surface area (Å²) in [5.74, 6) is -1.22. The van der Waals surface area contributed by atoms with E-state index in [-0.39, 0.29) is 24.1 Å². The van der Waals surface area contributed by atoms with Gasteiger partial charge in [0.05, 0.1) is 0 Å². The summed E-state index contributed by atoms with van der Waals surface area (Å²) in [5, 5.41) is 6.23. The molecule has 1 aromatic heterocycles. The Labute approximate surface area is 229 Å². The Morgan fingerprint density at radius 3 is 2.66 bits per heavy atom. The number of hydrogen-bond acceptors (Lipinski definition) is 6. The normalized spacial score (nSPS) is 24.6. The minimum Gasteiger partial charge on any atom is -0.350 e. The number of likely N-dealkylation sites (N-methyl/N-ethyl adjacent to an activating group) is 1. The summed E-state index contributed by atoms with van der Waals surface area (Å²) in [6.07, 6.45) is 9.43. The van der Waals surface area contributed by atoms with Crippen molar-refractivity contribution in [2.24, 2.45) is 5.92 Å². The van der Waals surface area contributed by atoms with E-state index in [1.54, 1.807) is 16.2 Å². The van der Waals surface area contributed by atoms with Gasteiger partial charge in [-0.3, -0.25) is 14.4 Å². The first-order valence-electron chi connectivity index (χ1n) is 14.1. The Bertz CT molecular complexity index is 1070. The van der Waals surface area contributed by atoms with E-state index in [9.17, 15) is 14.4 Å². The van der Waals surface area contributed by atoms with E-state index >= 15 is 0 Å². The second-order valence-electron chi connectivity index (χ2n) is 10.5. The van der Waals surface area contributed by atoms with Gasteiger partial charge in [-0.2, -0.15) is 0 Å². The average Bonchev–Trinajstić information content (AvgIpc) is 3.34. The van der Waals surface area contributed by atoms with Crippen LogP contribution in [0, 0.1) is 5.92 Å². The molecule has 208 valence electrons. The number of hydroxylamine groups is 1. The van der Waals surface area contributed by atoms with Crippen molar-refractivity contribution in [3.63, 3.8) is 0 Å². The van der Waals surface area contributed by atoms with E-state index in [0.717, 1.165) is 73.4 Å². The van der Waals surface area contributed by atoms with Crippen LogP contribution >= 0.6 is 11.3 Å². The summed E-state index contributed by atoms with van der Waals surface area (Å²) in [6.45, 7) is 1.29. The molecule has 2 unspecified atom stereocenters. The molecular weight excluding hydrogens is 502 g/mol. The van der Waals surface area contributed by atoms with Gasteiger partial charge in [0.2, 0.25) is 17.7 Å². The fraction of sp³-hybridized carbons (Fsp3) is 0.621. The minimum absolute atomic E-state index is 0.0106. The number of nitrogens with one attached hydrogen (secondary N) is 2. The third-order valence-corrected chi connectivity index (χ3v) is 8.53. The molecule has 2 saturated heterocycles. The highest BCUT2D eigenvalue weighted by atomic mass is 32.1. The van der Waals surface area contributed by atoms with Gasteiger partial charge in [-0.15, -0.1) is 11.3 Å². The van der Waals surface area contributed by atoms with Crippen LogP contribution in [0.3, 0.4) is 0 Å². The number of ether oxygens (including phenoxy) is 1. The average molecular weight is 544 g/mol. The van der Waals surface area contributed by atoms with Crippen LogP contribution in [0.1, 0.15) is 76.2 Å². The van der Waals surface area contributed by atoms with Gasteiger partial charge >= 0.3 is 0 Å². The Kier molecular flexibility index (Phi) is 11.0. The van der Waals surface area contributed by atoms with Crippen LogP contribution in [0.25, 0.3) is 10.1 Å². The smallest absolute Gasteiger partial charge is 0.245 e. The summed E-state index contributed by atoms with van der Waals surface area (Å²) in [7, 11) is 1.81. The molecular formula is C29H41N3O5S. The number of thiophene rings is 1. The molecule has 0 radical (unpaired) electrons. The van der Waals surface area contributed by atoms with E-state index in [0.29, 0.717) is 26.0 Å². The number of benzene rings is 1. The number of amides is 3. The van der Waals surface area contributed by atoms with Gasteiger partial charge in [0, 0.05) is 50.1 Å². The van der Waals surface area contributed by atoms with Crippen molar-refractivity contribution >= 4 is 39.1 Å². The van der Waals surface area contributed by atoms with E-state index in [1.165, 1.54) is 0 Å². The van der Waals surface area contributed by atoms with E-state index in [1.807, 2.05) is 19.2 Å². The van der Waals surface area contributed by atoms with Crippen molar-refractivity contribution < 1.29 is 24.0 Å². The number of fused-ring (bicyclic) bond motifs is 1. The fourth-order valence-electron chi connectivity index (χ4n) is 5.25. The highest BCUT2D eigenvalue weighted by Crippen LogP contribution is 2.27. The van der Waals surface area contributed by atoms with Crippen LogP contribution in [0.15, 0.2) is 29.6 Å². The molecule has 1 aromatic carbocycles. The maximum atomic E-state index is 13.6. The highest BCUT2D eigenvalue weighted by Gasteiger charge is 2.30. The molecule has 2 aromatic rings. The molecule has 2 N–H and O–H groups in total. The maximum absolute atomic E-state index is 13.6. The van der Waals surface area contributed by atoms with Crippen molar-refractivity contribution in [3.8, 4) is 0 Å². The fourth-order valence-corrected chi connectivity index (χ4v) is 6.23. The Hall–Kier alpha value is -2.49. The second kappa shape index (κ2) is 14.6. The number of hydrogen-bond donors (Lipinski definition) is 2. The van der Waals surface area contributed by atoms with Gasteiger partial charge in [0.1, 0.15) is 6.04 Å². The zero-order chi connectivity index (χ0) is 26.7. The van der Waals surface area contributed by atoms with Gasteiger partial charge in [0.15, 0.2) is 6.29 Å². The van der Waals surface area contributed by atoms with Gasteiger partial charge in [-0.25, -0.2) is 10.3 Å². The minimum atomic E-state index is -0.689. The molecule has 2 aliphatic heterocycles. The van der Waals surface area contributed by atoms with Crippen molar-refractivity contribution in [1.82, 2.24) is 15.7 Å². The SMILES string of the molecule is CN1CCCCCCCCC(CC(=O)NO[C@H]2CCCCO2)C(=O)NC(Cc2csc3ccccc23)C1=O. The van der Waals surface area contributed by atoms with Crippen molar-refractivity contribution in [2.45, 2.75) is 89.4 Å². The van der Waals surface area contributed by atoms with Crippen LogP contribution in [0.2, 0.25) is 0 Å². The van der Waals surface area contributed by atoms with E-state index in [2.05, 4.69) is 28.3 Å². The predicted octanol–water partition coefficient (Wildman–Crippen LogP) is 4.71. The number of carbonyl (C=O) groups excluding carboxylic acids is 3. The number of carbonyl (C=O) groups is 3. The summed E-state index contributed by atoms with van der Waals surface area (Å²) < 4.78 is 6.67. The molecule has 8 nitrogen and oxygen atoms in total. The molecule has 3 amide bonds. The first kappa shape index (κ1) is 28.5. The lowest BCUT2D eigenvalue weighted by atomic mass is 9.94. The van der Waals surface area contributed by atoms with Gasteiger partial charge in [0.25, 0.3) is 0 Å². The third-order valence-electron chi connectivity index (χ3n) is 7.52. The molecule has 9 heteroatoms. The third kappa shape index (κ3) is 8.25. The first-order valence-corrected chi connectivity index (χ1v) is 15.0. The molecule has 0 aliphatic carbocycles. The highest BCUT2D eigenvalue weighted by molar-refractivity contribution is 7.17. The predicted molar refractivity (Wildman–Crippen MR) is 148 cm³/mol. The standard InChI is InChI=1S/C29H41N3O5S/c1-32-16-10-5-3-2-4-6-12-21(19-26(33)31-37-27-15-9-11-17-36-27)28(34)30-24(29(32)35)18-22-20-38-25-14-8-7-13-23(22)25/h7-8,13-14,20-21,24,27H,2-6,9-12,15-19H2,1H3,(H,30,34)(H,31,33)/t21?,24?,27-/m0/s1. The second-order valence-corrected chi connectivity index (χ2v) is 11.4. The van der Waals surface area contributed by atoms with Crippen LogP contribution in [0.5, 0.6) is 0 Å². The van der Waals surface area contributed by atoms with Gasteiger partial charge in [-0.1, -0.05) is 50.3 Å². The van der Waals surface area contributed by atoms with Crippen LogP contribution in [-0.4, -0.2) is 55.2 Å². The molecule has 3 heterocycles. The molecule has 2 aliphatic rings. The summed E-state index contributed by atoms with van der Waals surface area (Å²) in [4.78, 5) is 47.0. The molecule has 4 rings (SSSR count). The molecule has 0 bridgehead atoms. The largest absolute Gasteiger partial charge is 0.350 e. The molecule has 0 spiro atoms. The van der Waals surface area contributed by atoms with Crippen LogP contribution in [-0.2, 0) is 30.4 Å². The zero-order valence-electron chi connectivity index (χ0n) is 22.4. The quantitative estimate of drug-likeness (QED) is 0.515. The lowest BCUT2D eigenvalue weighted by Gasteiger charge is -2.27. The molecule has 2 fully saturated rings. The number of nitrogens with zero attached hydrogens (tertiary/aromatic N) is 1. The van der Waals surface area contributed by atoms with Crippen LogP contribution < -0.4 is 10.8 Å². The Balaban J connectivity index is 1.46. The topological polar surface area (TPSA) is 97.0 Å². The van der Waals surface area contributed by atoms with Gasteiger partial charge < -0.3 is 15.0 Å². The van der Waals surface area contributed by atoms with E-state index < -0.39 is 18.2 Å². The van der Waals surface area contributed by atoms with Gasteiger partial charge in [-0.05, 0) is 48.1 Å². The molecule has 3 atom stereocenters. The lowest BCUT2D eigenvalue weighted by Crippen LogP contribution is -2.50. The summed E-state index contributed by atoms with van der Waals surface area (Å²) in [6, 6.07) is 7.44. The lowest BCUT2D eigenvalue weighted by molar-refractivity contribution is -0.200. The van der Waals surface area contributed by atoms with Crippen molar-refractivity contribution in [3.05, 3.63) is 35.2 Å². The first-order chi connectivity index (χ1) is 18.5. The Morgan fingerprint density at radius 2 is 1.84 bits per heavy atom. The summed E-state index contributed by atoms with van der Waals surface area (Å²) >= 11 is 1.64. The molecule has 0 saturated carbocycles.